The number of rotatable bonds is 27. The van der Waals surface area contributed by atoms with Gasteiger partial charge in [0, 0.05) is 56.2 Å². The number of nitrogens with zero attached hydrogens (tertiary/aromatic N) is 3. The third-order valence-electron chi connectivity index (χ3n) is 15.0. The van der Waals surface area contributed by atoms with Crippen LogP contribution in [0.25, 0.3) is 11.1 Å². The Labute approximate surface area is 423 Å². The summed E-state index contributed by atoms with van der Waals surface area (Å²) in [6.07, 6.45) is 14.2. The number of non-ortho nitro benzene ring substituents is 1. The third kappa shape index (κ3) is 12.5. The normalized spacial score (nSPS) is 22.8. The predicted molar refractivity (Wildman–Crippen MR) is 276 cm³/mol. The number of benzene rings is 4. The molecular weight excluding hydrogens is 915 g/mol. The van der Waals surface area contributed by atoms with Gasteiger partial charge in [0.05, 0.1) is 43.0 Å². The molecule has 384 valence electrons. The molecule has 0 aromatic heterocycles. The molecular formula is C58H71N3O11. The first kappa shape index (κ1) is 52.4. The molecule has 4 aromatic rings. The Balaban J connectivity index is 1.27. The average molecular weight is 986 g/mol. The molecule has 0 bridgehead atoms. The van der Waals surface area contributed by atoms with Crippen molar-refractivity contribution in [2.75, 3.05) is 46.2 Å². The SMILES string of the molecule is C=CCO[C@@]12Oc3ccc(Oc4ccc(-c5ccccc5)cc4)cc3[C@H]3[C@H](CCCCO)[C@@H](CCCCO)C=C(C(=NOCc4ccc([N+](=O)[O-])cc4)C[C@@H]1N(CCOCCO)C(=O)CCC1CCCC1)[C@H]32. The number of nitro groups is 1. The molecule has 0 saturated heterocycles. The Morgan fingerprint density at radius 1 is 0.861 bits per heavy atom. The lowest BCUT2D eigenvalue weighted by Crippen LogP contribution is -2.70. The van der Waals surface area contributed by atoms with Crippen LogP contribution >= 0.6 is 0 Å². The van der Waals surface area contributed by atoms with Gasteiger partial charge in [-0.25, -0.2) is 0 Å². The fourth-order valence-electron chi connectivity index (χ4n) is 11.6. The van der Waals surface area contributed by atoms with E-state index in [0.29, 0.717) is 53.7 Å². The van der Waals surface area contributed by atoms with E-state index in [9.17, 15) is 25.4 Å². The highest BCUT2D eigenvalue weighted by molar-refractivity contribution is 6.03. The summed E-state index contributed by atoms with van der Waals surface area (Å²) in [6.45, 7) is 4.70. The van der Waals surface area contributed by atoms with Crippen LogP contribution in [-0.4, -0.2) is 94.8 Å². The highest BCUT2D eigenvalue weighted by Gasteiger charge is 2.65. The fraction of sp³-hybridized carbons (Fsp3) is 0.483. The molecule has 3 N–H and O–H groups in total. The molecule has 1 aliphatic heterocycles. The molecule has 0 spiro atoms. The van der Waals surface area contributed by atoms with Crippen molar-refractivity contribution in [2.24, 2.45) is 28.8 Å². The lowest BCUT2D eigenvalue weighted by atomic mass is 9.55. The van der Waals surface area contributed by atoms with Crippen molar-refractivity contribution < 1.29 is 48.8 Å². The number of allylic oxidation sites excluding steroid dienone is 1. The van der Waals surface area contributed by atoms with Gasteiger partial charge in [-0.15, -0.1) is 6.58 Å². The van der Waals surface area contributed by atoms with Gasteiger partial charge in [0.25, 0.3) is 5.69 Å². The summed E-state index contributed by atoms with van der Waals surface area (Å²) in [7, 11) is 0. The van der Waals surface area contributed by atoms with Gasteiger partial charge in [0.1, 0.15) is 29.9 Å². The van der Waals surface area contributed by atoms with Crippen molar-refractivity contribution in [3.63, 3.8) is 0 Å². The Morgan fingerprint density at radius 2 is 1.58 bits per heavy atom. The van der Waals surface area contributed by atoms with E-state index in [0.717, 1.165) is 80.1 Å². The predicted octanol–water partition coefficient (Wildman–Crippen LogP) is 10.7. The van der Waals surface area contributed by atoms with Gasteiger partial charge in [-0.05, 0) is 115 Å². The van der Waals surface area contributed by atoms with Crippen LogP contribution in [0.1, 0.15) is 101 Å². The average Bonchev–Trinajstić information content (AvgIpc) is 3.93. The molecule has 14 heteroatoms. The highest BCUT2D eigenvalue weighted by atomic mass is 16.7. The van der Waals surface area contributed by atoms with E-state index in [4.69, 9.17) is 28.9 Å². The topological polar surface area (TPSA) is 183 Å². The number of aliphatic hydroxyl groups excluding tert-OH is 3. The first-order chi connectivity index (χ1) is 35.3. The molecule has 0 radical (unpaired) electrons. The third-order valence-corrected chi connectivity index (χ3v) is 15.0. The van der Waals surface area contributed by atoms with E-state index in [-0.39, 0.29) is 88.6 Å². The molecule has 4 aromatic carbocycles. The Morgan fingerprint density at radius 3 is 2.29 bits per heavy atom. The quantitative estimate of drug-likeness (QED) is 0.0224. The molecule has 2 fully saturated rings. The summed E-state index contributed by atoms with van der Waals surface area (Å²) in [5.41, 5.74) is 5.31. The van der Waals surface area contributed by atoms with E-state index in [2.05, 4.69) is 30.9 Å². The number of unbranched alkanes of at least 4 members (excludes halogenated alkanes) is 2. The maximum Gasteiger partial charge on any atom is 0.269 e. The van der Waals surface area contributed by atoms with E-state index in [1.54, 1.807) is 18.2 Å². The number of hydrogen-bond donors (Lipinski definition) is 3. The lowest BCUT2D eigenvalue weighted by molar-refractivity contribution is -0.384. The number of fused-ring (bicyclic) bond motifs is 2. The number of hydrogen-bond acceptors (Lipinski definition) is 12. The number of ether oxygens (including phenoxy) is 4. The molecule has 1 amide bonds. The molecule has 14 nitrogen and oxygen atoms in total. The Hall–Kier alpha value is -5.90. The van der Waals surface area contributed by atoms with Gasteiger partial charge in [0.2, 0.25) is 11.7 Å². The molecule has 2 saturated carbocycles. The molecule has 4 aliphatic rings. The largest absolute Gasteiger partial charge is 0.459 e. The van der Waals surface area contributed by atoms with Gasteiger partial charge in [-0.2, -0.15) is 0 Å². The van der Waals surface area contributed by atoms with Gasteiger partial charge in [0.15, 0.2) is 0 Å². The molecule has 3 aliphatic carbocycles. The molecule has 8 rings (SSSR count). The van der Waals surface area contributed by atoms with Crippen molar-refractivity contribution in [1.29, 1.82) is 0 Å². The monoisotopic (exact) mass is 986 g/mol. The Bertz CT molecular complexity index is 2460. The van der Waals surface area contributed by atoms with Crippen molar-refractivity contribution in [3.05, 3.63) is 143 Å². The molecule has 0 unspecified atom stereocenters. The molecule has 6 atom stereocenters. The second kappa shape index (κ2) is 25.7. The van der Waals surface area contributed by atoms with E-state index >= 15 is 4.79 Å². The first-order valence-electron chi connectivity index (χ1n) is 26.0. The van der Waals surface area contributed by atoms with Gasteiger partial charge >= 0.3 is 0 Å². The maximum atomic E-state index is 15.1. The Kier molecular flexibility index (Phi) is 18.7. The summed E-state index contributed by atoms with van der Waals surface area (Å²) < 4.78 is 27.2. The number of carbonyl (C=O) groups excluding carboxylic acids is 1. The van der Waals surface area contributed by atoms with Crippen LogP contribution in [0.15, 0.2) is 127 Å². The summed E-state index contributed by atoms with van der Waals surface area (Å²) in [5.74, 6) is 0.0733. The smallest absolute Gasteiger partial charge is 0.269 e. The summed E-state index contributed by atoms with van der Waals surface area (Å²) in [6, 6.07) is 29.6. The summed E-state index contributed by atoms with van der Waals surface area (Å²) in [4.78, 5) is 34.2. The highest BCUT2D eigenvalue weighted by Crippen LogP contribution is 2.62. The summed E-state index contributed by atoms with van der Waals surface area (Å²) >= 11 is 0. The van der Waals surface area contributed by atoms with Crippen molar-refractivity contribution in [3.8, 4) is 28.4 Å². The lowest BCUT2D eigenvalue weighted by Gasteiger charge is -2.60. The first-order valence-corrected chi connectivity index (χ1v) is 26.0. The zero-order chi connectivity index (χ0) is 50.3. The van der Waals surface area contributed by atoms with Gasteiger partial charge in [-0.1, -0.05) is 98.3 Å². The van der Waals surface area contributed by atoms with Crippen LogP contribution in [0.2, 0.25) is 0 Å². The number of nitro benzene ring substituents is 1. The van der Waals surface area contributed by atoms with E-state index in [1.807, 2.05) is 59.5 Å². The molecule has 72 heavy (non-hydrogen) atoms. The van der Waals surface area contributed by atoms with E-state index in [1.165, 1.54) is 12.1 Å². The van der Waals surface area contributed by atoms with Crippen LogP contribution in [-0.2, 0) is 25.7 Å². The van der Waals surface area contributed by atoms with Crippen LogP contribution < -0.4 is 9.47 Å². The second-order valence-corrected chi connectivity index (χ2v) is 19.6. The minimum Gasteiger partial charge on any atom is -0.459 e. The summed E-state index contributed by atoms with van der Waals surface area (Å²) in [5, 5.41) is 46.2. The number of carbonyl (C=O) groups is 1. The minimum atomic E-state index is -1.46. The van der Waals surface area contributed by atoms with Crippen LogP contribution in [0.4, 0.5) is 5.69 Å². The van der Waals surface area contributed by atoms with Crippen molar-refractivity contribution in [1.82, 2.24) is 4.90 Å². The van der Waals surface area contributed by atoms with Crippen LogP contribution in [0, 0.1) is 33.8 Å². The zero-order valence-corrected chi connectivity index (χ0v) is 41.4. The van der Waals surface area contributed by atoms with Crippen molar-refractivity contribution in [2.45, 2.75) is 108 Å². The van der Waals surface area contributed by atoms with Crippen LogP contribution in [0.3, 0.4) is 0 Å². The number of aliphatic hydroxyl groups is 3. The number of oxime groups is 1. The van der Waals surface area contributed by atoms with Gasteiger partial charge in [-0.3, -0.25) is 14.9 Å². The van der Waals surface area contributed by atoms with Crippen molar-refractivity contribution >= 4 is 17.3 Å². The van der Waals surface area contributed by atoms with Crippen LogP contribution in [0.5, 0.6) is 17.2 Å². The fourth-order valence-corrected chi connectivity index (χ4v) is 11.6. The zero-order valence-electron chi connectivity index (χ0n) is 41.4. The molecule has 1 heterocycles. The van der Waals surface area contributed by atoms with E-state index < -0.39 is 22.7 Å². The second-order valence-electron chi connectivity index (χ2n) is 19.6. The maximum absolute atomic E-state index is 15.1. The number of amides is 1. The standard InChI is InChI=1S/C58H71N3O11/c1-2-34-69-58-54(60(30-35-68-36-33-64)55(65)29-20-41-12-6-7-13-41)39-52(59-70-40-42-18-23-46(24-19-42)61(66)67)50-37-45(16-8-10-31-62)49(17-9-11-32-63)56(57(50)58)51-38-48(27-28-53(51)72-58)71-47-25-21-44(22-26-47)43-14-4-3-5-15-43/h2-5,14-15,18-19,21-28,37-38,41,45,49,54,56-57,62-64H,1,6-13,16-17,20,29-36,39-40H2/t45-,49+,54-,56+,57+,58+/m0/s1. The minimum absolute atomic E-state index is 0.000752. The van der Waals surface area contributed by atoms with Gasteiger partial charge < -0.3 is 44.0 Å².